The summed E-state index contributed by atoms with van der Waals surface area (Å²) < 4.78 is 13.8. The number of halogens is 2. The molecule has 0 amide bonds. The van der Waals surface area contributed by atoms with Crippen LogP contribution in [0.2, 0.25) is 5.02 Å². The minimum Gasteiger partial charge on any atom is -0.370 e. The van der Waals surface area contributed by atoms with Gasteiger partial charge in [-0.15, -0.1) is 0 Å². The van der Waals surface area contributed by atoms with E-state index in [1.807, 2.05) is 14.1 Å². The van der Waals surface area contributed by atoms with Gasteiger partial charge < -0.3 is 15.5 Å². The molecule has 1 aromatic heterocycles. The Hall–Kier alpha value is -1.92. The molecule has 2 N–H and O–H groups in total. The molecule has 0 radical (unpaired) electrons. The molecule has 1 heterocycles. The van der Waals surface area contributed by atoms with Crippen molar-refractivity contribution in [2.75, 3.05) is 37.8 Å². The summed E-state index contributed by atoms with van der Waals surface area (Å²) in [6, 6.07) is 6.51. The molecule has 0 spiro atoms. The molecule has 0 saturated carbocycles. The number of hydrogen-bond donors (Lipinski definition) is 2. The van der Waals surface area contributed by atoms with Gasteiger partial charge in [-0.05, 0) is 45.3 Å². The lowest BCUT2D eigenvalue weighted by Gasteiger charge is -2.11. The normalized spacial score (nSPS) is 10.8. The summed E-state index contributed by atoms with van der Waals surface area (Å²) >= 11 is 5.75. The van der Waals surface area contributed by atoms with Crippen LogP contribution < -0.4 is 10.6 Å². The highest BCUT2D eigenvalue weighted by molar-refractivity contribution is 6.31. The van der Waals surface area contributed by atoms with Gasteiger partial charge in [0.25, 0.3) is 0 Å². The first-order chi connectivity index (χ1) is 10.6. The van der Waals surface area contributed by atoms with Crippen molar-refractivity contribution in [1.82, 2.24) is 14.9 Å². The predicted molar refractivity (Wildman–Crippen MR) is 88.4 cm³/mol. The molecule has 7 heteroatoms. The third kappa shape index (κ3) is 4.82. The third-order valence-corrected chi connectivity index (χ3v) is 3.23. The van der Waals surface area contributed by atoms with Crippen molar-refractivity contribution in [1.29, 1.82) is 0 Å². The SMILES string of the molecule is CN(C)CCCNc1ccnc(Nc2cccc(Cl)c2F)n1. The molecule has 2 rings (SSSR count). The molecule has 0 saturated heterocycles. The number of anilines is 3. The molecule has 1 aromatic carbocycles. The topological polar surface area (TPSA) is 53.1 Å². The Kier molecular flexibility index (Phi) is 5.91. The second-order valence-electron chi connectivity index (χ2n) is 5.08. The number of nitrogens with one attached hydrogen (secondary N) is 2. The van der Waals surface area contributed by atoms with Gasteiger partial charge in [-0.3, -0.25) is 0 Å². The molecule has 2 aromatic rings. The van der Waals surface area contributed by atoms with Crippen molar-refractivity contribution in [3.05, 3.63) is 41.3 Å². The number of nitrogens with zero attached hydrogens (tertiary/aromatic N) is 3. The van der Waals surface area contributed by atoms with Crippen LogP contribution in [0, 0.1) is 5.82 Å². The van der Waals surface area contributed by atoms with Crippen LogP contribution in [0.5, 0.6) is 0 Å². The van der Waals surface area contributed by atoms with Crippen molar-refractivity contribution in [3.63, 3.8) is 0 Å². The molecule has 0 aliphatic carbocycles. The molecule has 0 aliphatic heterocycles. The van der Waals surface area contributed by atoms with Gasteiger partial charge in [0.1, 0.15) is 5.82 Å². The number of aromatic nitrogens is 2. The molecular formula is C15H19ClFN5. The van der Waals surface area contributed by atoms with Gasteiger partial charge in [0.2, 0.25) is 5.95 Å². The van der Waals surface area contributed by atoms with E-state index >= 15 is 0 Å². The molecule has 0 atom stereocenters. The van der Waals surface area contributed by atoms with Crippen molar-refractivity contribution >= 4 is 29.1 Å². The van der Waals surface area contributed by atoms with Crippen LogP contribution in [0.3, 0.4) is 0 Å². The summed E-state index contributed by atoms with van der Waals surface area (Å²) in [6.07, 6.45) is 2.62. The van der Waals surface area contributed by atoms with Crippen LogP contribution >= 0.6 is 11.6 Å². The van der Waals surface area contributed by atoms with Crippen LogP contribution in [0.25, 0.3) is 0 Å². The Labute approximate surface area is 134 Å². The average Bonchev–Trinajstić information content (AvgIpc) is 2.49. The smallest absolute Gasteiger partial charge is 0.229 e. The van der Waals surface area contributed by atoms with Crippen LogP contribution in [0.1, 0.15) is 6.42 Å². The van der Waals surface area contributed by atoms with E-state index in [2.05, 4.69) is 25.5 Å². The van der Waals surface area contributed by atoms with Gasteiger partial charge in [-0.2, -0.15) is 4.98 Å². The van der Waals surface area contributed by atoms with Gasteiger partial charge in [-0.1, -0.05) is 17.7 Å². The van der Waals surface area contributed by atoms with E-state index in [-0.39, 0.29) is 10.7 Å². The highest BCUT2D eigenvalue weighted by Gasteiger charge is 2.07. The van der Waals surface area contributed by atoms with Crippen molar-refractivity contribution in [2.45, 2.75) is 6.42 Å². The van der Waals surface area contributed by atoms with Gasteiger partial charge in [0.05, 0.1) is 10.7 Å². The molecule has 0 aliphatic rings. The lowest BCUT2D eigenvalue weighted by Crippen LogP contribution is -2.16. The highest BCUT2D eigenvalue weighted by atomic mass is 35.5. The Morgan fingerprint density at radius 2 is 2.09 bits per heavy atom. The first kappa shape index (κ1) is 16.5. The molecular weight excluding hydrogens is 305 g/mol. The van der Waals surface area contributed by atoms with Gasteiger partial charge in [0, 0.05) is 12.7 Å². The monoisotopic (exact) mass is 323 g/mol. The molecule has 0 fully saturated rings. The minimum absolute atomic E-state index is 0.0583. The summed E-state index contributed by atoms with van der Waals surface area (Å²) in [7, 11) is 4.07. The fourth-order valence-corrected chi connectivity index (χ4v) is 2.02. The average molecular weight is 324 g/mol. The van der Waals surface area contributed by atoms with Crippen LogP contribution in [-0.4, -0.2) is 42.1 Å². The molecule has 22 heavy (non-hydrogen) atoms. The molecule has 0 unspecified atom stereocenters. The zero-order valence-corrected chi connectivity index (χ0v) is 13.4. The Bertz CT molecular complexity index is 621. The maximum Gasteiger partial charge on any atom is 0.229 e. The summed E-state index contributed by atoms with van der Waals surface area (Å²) in [5.41, 5.74) is 0.247. The molecule has 0 bridgehead atoms. The lowest BCUT2D eigenvalue weighted by atomic mass is 10.3. The summed E-state index contributed by atoms with van der Waals surface area (Å²) in [5, 5.41) is 6.11. The second-order valence-corrected chi connectivity index (χ2v) is 5.48. The fraction of sp³-hybridized carbons (Fsp3) is 0.333. The first-order valence-corrected chi connectivity index (χ1v) is 7.37. The van der Waals surface area contributed by atoms with Crippen LogP contribution in [0.4, 0.5) is 21.8 Å². The van der Waals surface area contributed by atoms with Crippen LogP contribution in [0.15, 0.2) is 30.5 Å². The van der Waals surface area contributed by atoms with Gasteiger partial charge >= 0.3 is 0 Å². The van der Waals surface area contributed by atoms with Gasteiger partial charge in [0.15, 0.2) is 5.82 Å². The quantitative estimate of drug-likeness (QED) is 0.765. The fourth-order valence-electron chi connectivity index (χ4n) is 1.85. The van der Waals surface area contributed by atoms with Crippen molar-refractivity contribution in [2.24, 2.45) is 0 Å². The van der Waals surface area contributed by atoms with E-state index in [4.69, 9.17) is 11.6 Å². The highest BCUT2D eigenvalue weighted by Crippen LogP contribution is 2.24. The van der Waals surface area contributed by atoms with E-state index < -0.39 is 5.82 Å². The summed E-state index contributed by atoms with van der Waals surface area (Å²) in [6.45, 7) is 1.80. The van der Waals surface area contributed by atoms with E-state index in [1.165, 1.54) is 6.07 Å². The maximum atomic E-state index is 13.8. The van der Waals surface area contributed by atoms with Crippen molar-refractivity contribution in [3.8, 4) is 0 Å². The van der Waals surface area contributed by atoms with Crippen LogP contribution in [-0.2, 0) is 0 Å². The third-order valence-electron chi connectivity index (χ3n) is 2.94. The van der Waals surface area contributed by atoms with E-state index in [0.717, 1.165) is 19.5 Å². The predicted octanol–water partition coefficient (Wildman–Crippen LogP) is 3.38. The Balaban J connectivity index is 1.98. The minimum atomic E-state index is -0.517. The zero-order valence-electron chi connectivity index (χ0n) is 12.6. The zero-order chi connectivity index (χ0) is 15.9. The number of rotatable bonds is 7. The molecule has 5 nitrogen and oxygen atoms in total. The summed E-state index contributed by atoms with van der Waals surface area (Å²) in [4.78, 5) is 10.5. The maximum absolute atomic E-state index is 13.8. The Morgan fingerprint density at radius 1 is 1.27 bits per heavy atom. The lowest BCUT2D eigenvalue weighted by molar-refractivity contribution is 0.405. The number of hydrogen-bond acceptors (Lipinski definition) is 5. The first-order valence-electron chi connectivity index (χ1n) is 6.99. The van der Waals surface area contributed by atoms with Gasteiger partial charge in [-0.25, -0.2) is 9.37 Å². The largest absolute Gasteiger partial charge is 0.370 e. The molecule has 118 valence electrons. The Morgan fingerprint density at radius 3 is 2.86 bits per heavy atom. The van der Waals surface area contributed by atoms with E-state index in [9.17, 15) is 4.39 Å². The number of benzene rings is 1. The van der Waals surface area contributed by atoms with E-state index in [0.29, 0.717) is 11.8 Å². The second kappa shape index (κ2) is 7.91. The van der Waals surface area contributed by atoms with E-state index in [1.54, 1.807) is 24.4 Å². The van der Waals surface area contributed by atoms with Crippen molar-refractivity contribution < 1.29 is 4.39 Å². The standard InChI is InChI=1S/C15H19ClFN5/c1-22(2)10-4-8-18-13-7-9-19-15(21-13)20-12-6-3-5-11(16)14(12)17/h3,5-7,9H,4,8,10H2,1-2H3,(H2,18,19,20,21). The summed E-state index contributed by atoms with van der Waals surface area (Å²) in [5.74, 6) is 0.495.